The average Bonchev–Trinajstić information content (AvgIpc) is 2.72. The minimum atomic E-state index is -0.701. The molecule has 0 radical (unpaired) electrons. The van der Waals surface area contributed by atoms with Crippen molar-refractivity contribution in [1.82, 2.24) is 4.90 Å². The molecule has 1 fully saturated rings. The Labute approximate surface area is 172 Å². The number of nitrogens with zero attached hydrogens (tertiary/aromatic N) is 2. The van der Waals surface area contributed by atoms with E-state index in [4.69, 9.17) is 4.84 Å². The van der Waals surface area contributed by atoms with Crippen LogP contribution < -0.4 is 0 Å². The van der Waals surface area contributed by atoms with Crippen molar-refractivity contribution in [1.29, 1.82) is 0 Å². The monoisotopic (exact) mass is 402 g/mol. The Hall–Kier alpha value is -2.37. The lowest BCUT2D eigenvalue weighted by Gasteiger charge is -2.29. The number of rotatable bonds is 8. The molecule has 1 heterocycles. The van der Waals surface area contributed by atoms with Gasteiger partial charge in [-0.05, 0) is 30.5 Å². The van der Waals surface area contributed by atoms with E-state index in [1.807, 2.05) is 48.5 Å². The van der Waals surface area contributed by atoms with E-state index in [9.17, 15) is 9.90 Å². The zero-order chi connectivity index (χ0) is 18.9. The zero-order valence-corrected chi connectivity index (χ0v) is 16.7. The molecule has 1 aliphatic heterocycles. The third-order valence-corrected chi connectivity index (χ3v) is 4.85. The number of benzene rings is 2. The van der Waals surface area contributed by atoms with Gasteiger partial charge >= 0.3 is 5.97 Å². The average molecular weight is 403 g/mol. The van der Waals surface area contributed by atoms with E-state index >= 15 is 0 Å². The van der Waals surface area contributed by atoms with Crippen LogP contribution in [-0.4, -0.2) is 47.9 Å². The number of oxime groups is 1. The predicted octanol–water partition coefficient (Wildman–Crippen LogP) is 3.87. The van der Waals surface area contributed by atoms with Gasteiger partial charge in [0.25, 0.3) is 0 Å². The van der Waals surface area contributed by atoms with Gasteiger partial charge in [-0.1, -0.05) is 65.8 Å². The first kappa shape index (κ1) is 21.9. The van der Waals surface area contributed by atoms with Crippen LogP contribution >= 0.6 is 12.4 Å². The first-order valence-electron chi connectivity index (χ1n) is 9.45. The summed E-state index contributed by atoms with van der Waals surface area (Å²) >= 11 is 0. The largest absolute Gasteiger partial charge is 0.481 e. The summed E-state index contributed by atoms with van der Waals surface area (Å²) in [7, 11) is 0. The van der Waals surface area contributed by atoms with E-state index in [1.165, 1.54) is 5.56 Å². The van der Waals surface area contributed by atoms with Gasteiger partial charge in [0.2, 0.25) is 0 Å². The van der Waals surface area contributed by atoms with Gasteiger partial charge in [0.05, 0.1) is 11.6 Å². The molecule has 1 saturated heterocycles. The van der Waals surface area contributed by atoms with E-state index in [1.54, 1.807) is 0 Å². The third-order valence-electron chi connectivity index (χ3n) is 4.85. The van der Waals surface area contributed by atoms with Gasteiger partial charge in [0, 0.05) is 19.5 Å². The highest BCUT2D eigenvalue weighted by atomic mass is 35.5. The van der Waals surface area contributed by atoms with E-state index in [-0.39, 0.29) is 18.3 Å². The summed E-state index contributed by atoms with van der Waals surface area (Å²) in [5.41, 5.74) is 3.12. The van der Waals surface area contributed by atoms with Crippen molar-refractivity contribution >= 4 is 24.1 Å². The first-order valence-corrected chi connectivity index (χ1v) is 9.45. The molecular weight excluding hydrogens is 376 g/mol. The van der Waals surface area contributed by atoms with Crippen LogP contribution in [0.5, 0.6) is 0 Å². The van der Waals surface area contributed by atoms with Gasteiger partial charge in [0.1, 0.15) is 6.61 Å². The number of carbonyl (C=O) groups is 1. The molecular formula is C22H27ClN2O3. The molecule has 0 saturated carbocycles. The van der Waals surface area contributed by atoms with Gasteiger partial charge in [-0.25, -0.2) is 0 Å². The lowest BCUT2D eigenvalue weighted by molar-refractivity contribution is -0.143. The molecule has 3 rings (SSSR count). The Morgan fingerprint density at radius 2 is 1.79 bits per heavy atom. The minimum Gasteiger partial charge on any atom is -0.481 e. The molecule has 28 heavy (non-hydrogen) atoms. The minimum absolute atomic E-state index is 0. The first-order chi connectivity index (χ1) is 13.2. The van der Waals surface area contributed by atoms with Crippen LogP contribution in [0.1, 0.15) is 24.0 Å². The molecule has 1 N–H and O–H groups in total. The third kappa shape index (κ3) is 6.66. The summed E-state index contributed by atoms with van der Waals surface area (Å²) in [5, 5.41) is 13.6. The summed E-state index contributed by atoms with van der Waals surface area (Å²) < 4.78 is 0. The highest BCUT2D eigenvalue weighted by Crippen LogP contribution is 2.16. The molecule has 5 nitrogen and oxygen atoms in total. The molecule has 0 unspecified atom stereocenters. The van der Waals surface area contributed by atoms with Crippen LogP contribution in [0.4, 0.5) is 0 Å². The van der Waals surface area contributed by atoms with Crippen molar-refractivity contribution in [3.8, 4) is 0 Å². The van der Waals surface area contributed by atoms with Crippen molar-refractivity contribution in [3.63, 3.8) is 0 Å². The lowest BCUT2D eigenvalue weighted by Crippen LogP contribution is -2.40. The van der Waals surface area contributed by atoms with E-state index < -0.39 is 5.97 Å². The Bertz CT molecular complexity index is 753. The molecule has 1 atom stereocenters. The highest BCUT2D eigenvalue weighted by molar-refractivity contribution is 6.01. The molecule has 2 aromatic rings. The van der Waals surface area contributed by atoms with Gasteiger partial charge in [-0.15, -0.1) is 12.4 Å². The fraction of sp³-hybridized carbons (Fsp3) is 0.364. The molecule has 1 aliphatic rings. The second-order valence-corrected chi connectivity index (χ2v) is 6.88. The summed E-state index contributed by atoms with van der Waals surface area (Å²) in [5.74, 6) is -0.965. The van der Waals surface area contributed by atoms with Crippen LogP contribution in [-0.2, 0) is 16.1 Å². The van der Waals surface area contributed by atoms with Gasteiger partial charge in [-0.2, -0.15) is 0 Å². The Morgan fingerprint density at radius 3 is 2.46 bits per heavy atom. The van der Waals surface area contributed by atoms with E-state index in [0.717, 1.165) is 30.7 Å². The predicted molar refractivity (Wildman–Crippen MR) is 113 cm³/mol. The molecule has 6 heteroatoms. The summed E-state index contributed by atoms with van der Waals surface area (Å²) in [4.78, 5) is 18.9. The van der Waals surface area contributed by atoms with Crippen molar-refractivity contribution in [2.24, 2.45) is 11.1 Å². The normalized spacial score (nSPS) is 17.6. The SMILES string of the molecule is Cl.O=C(O)[C@@H]1CCCN(CCON=C(Cc2ccccc2)c2ccccc2)C1. The van der Waals surface area contributed by atoms with Gasteiger partial charge in [0.15, 0.2) is 0 Å². The van der Waals surface area contributed by atoms with Crippen molar-refractivity contribution in [2.75, 3.05) is 26.2 Å². The summed E-state index contributed by atoms with van der Waals surface area (Å²) in [6, 6.07) is 20.3. The second-order valence-electron chi connectivity index (χ2n) is 6.88. The van der Waals surface area contributed by atoms with Gasteiger partial charge < -0.3 is 9.94 Å². The zero-order valence-electron chi connectivity index (χ0n) is 15.9. The number of carboxylic acids is 1. The van der Waals surface area contributed by atoms with Crippen LogP contribution in [0.25, 0.3) is 0 Å². The van der Waals surface area contributed by atoms with E-state index in [0.29, 0.717) is 26.1 Å². The van der Waals surface area contributed by atoms with Crippen molar-refractivity contribution < 1.29 is 14.7 Å². The Kier molecular flexibility index (Phi) is 8.98. The number of hydrogen-bond acceptors (Lipinski definition) is 4. The summed E-state index contributed by atoms with van der Waals surface area (Å²) in [6.07, 6.45) is 2.39. The summed E-state index contributed by atoms with van der Waals surface area (Å²) in [6.45, 7) is 2.67. The molecule has 150 valence electrons. The molecule has 0 aliphatic carbocycles. The van der Waals surface area contributed by atoms with E-state index in [2.05, 4.69) is 22.2 Å². The topological polar surface area (TPSA) is 62.1 Å². The molecule has 0 aromatic heterocycles. The molecule has 0 spiro atoms. The highest BCUT2D eigenvalue weighted by Gasteiger charge is 2.24. The fourth-order valence-corrected chi connectivity index (χ4v) is 3.36. The standard InChI is InChI=1S/C22H26N2O3.ClH/c25-22(26)20-12-7-13-24(17-20)14-15-27-23-21(19-10-5-2-6-11-19)16-18-8-3-1-4-9-18;/h1-6,8-11,20H,7,12-17H2,(H,25,26);1H/t20-;/m1./s1. The van der Waals surface area contributed by atoms with Crippen LogP contribution in [0.3, 0.4) is 0 Å². The number of halogens is 1. The molecule has 0 bridgehead atoms. The number of carboxylic acid groups (broad SMARTS) is 1. The maximum absolute atomic E-state index is 11.2. The van der Waals surface area contributed by atoms with Crippen LogP contribution in [0.2, 0.25) is 0 Å². The number of hydrogen-bond donors (Lipinski definition) is 1. The number of piperidine rings is 1. The molecule has 2 aromatic carbocycles. The maximum Gasteiger partial charge on any atom is 0.307 e. The fourth-order valence-electron chi connectivity index (χ4n) is 3.36. The van der Waals surface area contributed by atoms with Crippen molar-refractivity contribution in [2.45, 2.75) is 19.3 Å². The second kappa shape index (κ2) is 11.5. The number of likely N-dealkylation sites (tertiary alicyclic amines) is 1. The Balaban J connectivity index is 0.00000280. The Morgan fingerprint density at radius 1 is 1.11 bits per heavy atom. The van der Waals surface area contributed by atoms with Gasteiger partial charge in [-0.3, -0.25) is 9.69 Å². The quantitative estimate of drug-likeness (QED) is 0.413. The maximum atomic E-state index is 11.2. The molecule has 0 amide bonds. The van der Waals surface area contributed by atoms with Crippen LogP contribution in [0, 0.1) is 5.92 Å². The smallest absolute Gasteiger partial charge is 0.307 e. The van der Waals surface area contributed by atoms with Crippen molar-refractivity contribution in [3.05, 3.63) is 71.8 Å². The number of aliphatic carboxylic acids is 1. The van der Waals surface area contributed by atoms with Crippen LogP contribution in [0.15, 0.2) is 65.8 Å². The lowest BCUT2D eigenvalue weighted by atomic mass is 9.98.